The van der Waals surface area contributed by atoms with Gasteiger partial charge in [0.1, 0.15) is 0 Å². The third kappa shape index (κ3) is 3.21. The summed E-state index contributed by atoms with van der Waals surface area (Å²) in [5.41, 5.74) is 0.801. The zero-order valence-electron chi connectivity index (χ0n) is 9.43. The fourth-order valence-corrected chi connectivity index (χ4v) is 1.71. The molecule has 2 N–H and O–H groups in total. The Morgan fingerprint density at radius 2 is 2.17 bits per heavy atom. The average molecular weight is 263 g/mol. The molecule has 2 aromatic rings. The number of aromatic hydroxyl groups is 1. The van der Waals surface area contributed by atoms with E-state index in [1.807, 2.05) is 6.07 Å². The van der Waals surface area contributed by atoms with Crippen molar-refractivity contribution in [3.8, 4) is 5.75 Å². The van der Waals surface area contributed by atoms with Gasteiger partial charge in [0.25, 0.3) is 0 Å². The monoisotopic (exact) mass is 262 g/mol. The van der Waals surface area contributed by atoms with Gasteiger partial charge in [0.05, 0.1) is 6.42 Å². The Labute approximate surface area is 109 Å². The summed E-state index contributed by atoms with van der Waals surface area (Å²) in [5, 5.41) is 12.6. The molecule has 0 saturated carbocycles. The van der Waals surface area contributed by atoms with Crippen LogP contribution in [-0.2, 0) is 11.2 Å². The highest BCUT2D eigenvalue weighted by atomic mass is 35.5. The second-order valence-electron chi connectivity index (χ2n) is 3.73. The zero-order valence-corrected chi connectivity index (χ0v) is 10.2. The lowest BCUT2D eigenvalue weighted by molar-refractivity contribution is -0.115. The number of carbonyl (C=O) groups is 1. The van der Waals surface area contributed by atoms with Crippen LogP contribution in [0.2, 0.25) is 5.02 Å². The fraction of sp³-hybridized carbons (Fsp3) is 0.0769. The van der Waals surface area contributed by atoms with E-state index >= 15 is 0 Å². The van der Waals surface area contributed by atoms with Crippen LogP contribution >= 0.6 is 11.6 Å². The fourth-order valence-electron chi connectivity index (χ4n) is 1.50. The molecule has 0 saturated heterocycles. The molecule has 1 amide bonds. The molecule has 92 valence electrons. The van der Waals surface area contributed by atoms with Gasteiger partial charge in [-0.1, -0.05) is 23.7 Å². The maximum absolute atomic E-state index is 11.7. The molecule has 18 heavy (non-hydrogen) atoms. The molecule has 4 nitrogen and oxygen atoms in total. The molecule has 0 aliphatic heterocycles. The Kier molecular flexibility index (Phi) is 3.79. The molecule has 0 spiro atoms. The number of halogens is 1. The lowest BCUT2D eigenvalue weighted by Gasteiger charge is -2.06. The van der Waals surface area contributed by atoms with Crippen molar-refractivity contribution in [2.75, 3.05) is 5.32 Å². The highest BCUT2D eigenvalue weighted by Crippen LogP contribution is 2.18. The van der Waals surface area contributed by atoms with E-state index in [9.17, 15) is 9.90 Å². The van der Waals surface area contributed by atoms with Crippen LogP contribution < -0.4 is 5.32 Å². The first-order valence-electron chi connectivity index (χ1n) is 5.33. The van der Waals surface area contributed by atoms with Gasteiger partial charge in [-0.15, -0.1) is 0 Å². The maximum atomic E-state index is 11.7. The van der Waals surface area contributed by atoms with Gasteiger partial charge in [0.2, 0.25) is 5.91 Å². The van der Waals surface area contributed by atoms with Gasteiger partial charge in [-0.25, -0.2) is 4.98 Å². The molecule has 2 rings (SSSR count). The van der Waals surface area contributed by atoms with Crippen molar-refractivity contribution in [3.63, 3.8) is 0 Å². The van der Waals surface area contributed by atoms with E-state index in [1.165, 1.54) is 12.3 Å². The number of aromatic nitrogens is 1. The van der Waals surface area contributed by atoms with Crippen LogP contribution in [0.1, 0.15) is 5.56 Å². The van der Waals surface area contributed by atoms with Crippen LogP contribution in [0.15, 0.2) is 42.6 Å². The van der Waals surface area contributed by atoms with Crippen LogP contribution in [-0.4, -0.2) is 16.0 Å². The first-order valence-corrected chi connectivity index (χ1v) is 5.71. The molecule has 0 radical (unpaired) electrons. The van der Waals surface area contributed by atoms with E-state index in [1.54, 1.807) is 24.3 Å². The maximum Gasteiger partial charge on any atom is 0.230 e. The minimum atomic E-state index is -0.258. The lowest BCUT2D eigenvalue weighted by Crippen LogP contribution is -2.15. The summed E-state index contributed by atoms with van der Waals surface area (Å²) in [6, 6.07) is 10.1. The minimum absolute atomic E-state index is 0.0584. The highest BCUT2D eigenvalue weighted by molar-refractivity contribution is 6.30. The van der Waals surface area contributed by atoms with Gasteiger partial charge in [-0.3, -0.25) is 4.79 Å². The second-order valence-corrected chi connectivity index (χ2v) is 4.16. The number of carbonyl (C=O) groups excluding carboxylic acids is 1. The van der Waals surface area contributed by atoms with Gasteiger partial charge in [0, 0.05) is 11.2 Å². The lowest BCUT2D eigenvalue weighted by atomic mass is 10.1. The summed E-state index contributed by atoms with van der Waals surface area (Å²) in [4.78, 5) is 15.6. The number of pyridine rings is 1. The van der Waals surface area contributed by atoms with Gasteiger partial charge < -0.3 is 10.4 Å². The molecular weight excluding hydrogens is 252 g/mol. The molecule has 0 aliphatic rings. The van der Waals surface area contributed by atoms with Gasteiger partial charge in [0.15, 0.2) is 11.6 Å². The van der Waals surface area contributed by atoms with Gasteiger partial charge in [-0.2, -0.15) is 0 Å². The number of nitrogens with zero attached hydrogens (tertiary/aromatic N) is 1. The Morgan fingerprint density at radius 1 is 1.33 bits per heavy atom. The average Bonchev–Trinajstić information content (AvgIpc) is 2.32. The van der Waals surface area contributed by atoms with Crippen molar-refractivity contribution < 1.29 is 9.90 Å². The molecule has 1 aromatic carbocycles. The highest BCUT2D eigenvalue weighted by Gasteiger charge is 2.08. The summed E-state index contributed by atoms with van der Waals surface area (Å²) in [6.07, 6.45) is 1.67. The van der Waals surface area contributed by atoms with Crippen molar-refractivity contribution in [1.29, 1.82) is 0 Å². The van der Waals surface area contributed by atoms with Crippen molar-refractivity contribution in [2.45, 2.75) is 6.42 Å². The van der Waals surface area contributed by atoms with E-state index in [4.69, 9.17) is 11.6 Å². The number of anilines is 1. The topological polar surface area (TPSA) is 62.2 Å². The standard InChI is InChI=1S/C13H11ClN2O2/c14-10-4-1-3-9(7-10)8-12(18)16-13-11(17)5-2-6-15-13/h1-7,17H,8H2,(H,15,16,18). The quantitative estimate of drug-likeness (QED) is 0.894. The summed E-state index contributed by atoms with van der Waals surface area (Å²) in [5.74, 6) is -0.160. The van der Waals surface area contributed by atoms with Gasteiger partial charge >= 0.3 is 0 Å². The molecule has 0 unspecified atom stereocenters. The van der Waals surface area contributed by atoms with Crippen LogP contribution in [0.25, 0.3) is 0 Å². The summed E-state index contributed by atoms with van der Waals surface area (Å²) in [6.45, 7) is 0. The normalized spacial score (nSPS) is 10.1. The largest absolute Gasteiger partial charge is 0.504 e. The number of hydrogen-bond donors (Lipinski definition) is 2. The summed E-state index contributed by atoms with van der Waals surface area (Å²) >= 11 is 5.83. The molecular formula is C13H11ClN2O2. The van der Waals surface area contributed by atoms with E-state index in [2.05, 4.69) is 10.3 Å². The van der Waals surface area contributed by atoms with E-state index in [0.29, 0.717) is 5.02 Å². The van der Waals surface area contributed by atoms with Crippen molar-refractivity contribution in [2.24, 2.45) is 0 Å². The third-order valence-electron chi connectivity index (χ3n) is 2.30. The SMILES string of the molecule is O=C(Cc1cccc(Cl)c1)Nc1ncccc1O. The molecule has 1 aromatic heterocycles. The number of hydrogen-bond acceptors (Lipinski definition) is 3. The third-order valence-corrected chi connectivity index (χ3v) is 2.53. The Balaban J connectivity index is 2.03. The second kappa shape index (κ2) is 5.51. The molecule has 5 heteroatoms. The van der Waals surface area contributed by atoms with Crippen molar-refractivity contribution in [3.05, 3.63) is 53.2 Å². The summed E-state index contributed by atoms with van der Waals surface area (Å²) in [7, 11) is 0. The molecule has 0 bridgehead atoms. The van der Waals surface area contributed by atoms with Crippen LogP contribution in [0.5, 0.6) is 5.75 Å². The summed E-state index contributed by atoms with van der Waals surface area (Å²) < 4.78 is 0. The van der Waals surface area contributed by atoms with Crippen LogP contribution in [0, 0.1) is 0 Å². The van der Waals surface area contributed by atoms with E-state index < -0.39 is 0 Å². The number of amides is 1. The Morgan fingerprint density at radius 3 is 2.89 bits per heavy atom. The first kappa shape index (κ1) is 12.4. The minimum Gasteiger partial charge on any atom is -0.504 e. The number of rotatable bonds is 3. The van der Waals surface area contributed by atoms with E-state index in [0.717, 1.165) is 5.56 Å². The number of benzene rings is 1. The predicted octanol–water partition coefficient (Wildman–Crippen LogP) is 2.62. The van der Waals surface area contributed by atoms with Crippen molar-refractivity contribution >= 4 is 23.3 Å². The number of nitrogens with one attached hydrogen (secondary N) is 1. The van der Waals surface area contributed by atoms with E-state index in [-0.39, 0.29) is 23.9 Å². The predicted molar refractivity (Wildman–Crippen MR) is 69.7 cm³/mol. The molecule has 0 fully saturated rings. The van der Waals surface area contributed by atoms with Crippen molar-refractivity contribution in [1.82, 2.24) is 4.98 Å². The molecule has 0 atom stereocenters. The Bertz CT molecular complexity index is 572. The van der Waals surface area contributed by atoms with Crippen LogP contribution in [0.3, 0.4) is 0 Å². The zero-order chi connectivity index (χ0) is 13.0. The first-order chi connectivity index (χ1) is 8.65. The van der Waals surface area contributed by atoms with Gasteiger partial charge in [-0.05, 0) is 29.8 Å². The Hall–Kier alpha value is -2.07. The van der Waals surface area contributed by atoms with Crippen LogP contribution in [0.4, 0.5) is 5.82 Å². The smallest absolute Gasteiger partial charge is 0.230 e. The molecule has 1 heterocycles. The molecule has 0 aliphatic carbocycles.